The molecule has 18 heavy (non-hydrogen) atoms. The maximum Gasteiger partial charge on any atom is 0.0897 e. The topological polar surface area (TPSA) is 24.9 Å². The van der Waals surface area contributed by atoms with Gasteiger partial charge >= 0.3 is 0 Å². The van der Waals surface area contributed by atoms with Crippen LogP contribution >= 0.6 is 22.7 Å². The highest BCUT2D eigenvalue weighted by atomic mass is 32.1. The molecule has 0 aromatic carbocycles. The molecular weight excluding hydrogens is 260 g/mol. The van der Waals surface area contributed by atoms with Crippen molar-refractivity contribution in [2.24, 2.45) is 0 Å². The van der Waals surface area contributed by atoms with Crippen molar-refractivity contribution in [3.05, 3.63) is 38.0 Å². The molecule has 0 spiro atoms. The van der Waals surface area contributed by atoms with E-state index >= 15 is 0 Å². The maximum absolute atomic E-state index is 4.58. The van der Waals surface area contributed by atoms with Crippen LogP contribution in [0.5, 0.6) is 0 Å². The SMILES string of the molecule is CCNC(Cc1csc(C)n1)c1sccc1CC. The molecule has 0 radical (unpaired) electrons. The van der Waals surface area contributed by atoms with Crippen molar-refractivity contribution in [2.75, 3.05) is 6.54 Å². The van der Waals surface area contributed by atoms with E-state index in [2.05, 4.69) is 47.9 Å². The summed E-state index contributed by atoms with van der Waals surface area (Å²) in [7, 11) is 0. The molecule has 0 saturated heterocycles. The Kier molecular flexibility index (Phi) is 4.92. The Morgan fingerprint density at radius 1 is 1.33 bits per heavy atom. The fourth-order valence-electron chi connectivity index (χ4n) is 2.16. The van der Waals surface area contributed by atoms with Crippen LogP contribution in [-0.2, 0) is 12.8 Å². The Morgan fingerprint density at radius 2 is 2.17 bits per heavy atom. The molecule has 1 N–H and O–H groups in total. The minimum Gasteiger partial charge on any atom is -0.309 e. The summed E-state index contributed by atoms with van der Waals surface area (Å²) in [6.07, 6.45) is 2.10. The minimum atomic E-state index is 0.409. The van der Waals surface area contributed by atoms with E-state index in [0.717, 1.165) is 24.4 Å². The number of thiophene rings is 1. The van der Waals surface area contributed by atoms with Crippen LogP contribution in [0.1, 0.15) is 41.0 Å². The van der Waals surface area contributed by atoms with Gasteiger partial charge in [-0.25, -0.2) is 4.98 Å². The summed E-state index contributed by atoms with van der Waals surface area (Å²) >= 11 is 3.60. The minimum absolute atomic E-state index is 0.409. The van der Waals surface area contributed by atoms with E-state index in [-0.39, 0.29) is 0 Å². The first kappa shape index (κ1) is 13.7. The smallest absolute Gasteiger partial charge is 0.0897 e. The molecule has 0 aliphatic heterocycles. The molecule has 4 heteroatoms. The van der Waals surface area contributed by atoms with Crippen LogP contribution < -0.4 is 5.32 Å². The van der Waals surface area contributed by atoms with Gasteiger partial charge in [0.1, 0.15) is 0 Å². The largest absolute Gasteiger partial charge is 0.309 e. The van der Waals surface area contributed by atoms with Gasteiger partial charge in [0, 0.05) is 22.7 Å². The lowest BCUT2D eigenvalue weighted by Gasteiger charge is -2.17. The summed E-state index contributed by atoms with van der Waals surface area (Å²) < 4.78 is 0. The summed E-state index contributed by atoms with van der Waals surface area (Å²) in [6, 6.07) is 2.66. The molecule has 0 fully saturated rings. The number of hydrogen-bond donors (Lipinski definition) is 1. The first-order chi connectivity index (χ1) is 8.74. The number of rotatable bonds is 6. The van der Waals surface area contributed by atoms with E-state index in [1.54, 1.807) is 11.3 Å². The Bertz CT molecular complexity index is 487. The van der Waals surface area contributed by atoms with Crippen molar-refractivity contribution in [3.63, 3.8) is 0 Å². The van der Waals surface area contributed by atoms with Gasteiger partial charge in [0.2, 0.25) is 0 Å². The highest BCUT2D eigenvalue weighted by Gasteiger charge is 2.17. The summed E-state index contributed by atoms with van der Waals surface area (Å²) in [5.74, 6) is 0. The molecule has 0 amide bonds. The van der Waals surface area contributed by atoms with Crippen molar-refractivity contribution < 1.29 is 0 Å². The van der Waals surface area contributed by atoms with Crippen LogP contribution in [0.3, 0.4) is 0 Å². The molecule has 2 nitrogen and oxygen atoms in total. The number of nitrogens with one attached hydrogen (secondary N) is 1. The van der Waals surface area contributed by atoms with E-state index in [1.807, 2.05) is 11.3 Å². The average Bonchev–Trinajstić information content (AvgIpc) is 2.97. The molecular formula is C14H20N2S2. The number of nitrogens with zero attached hydrogens (tertiary/aromatic N) is 1. The highest BCUT2D eigenvalue weighted by molar-refractivity contribution is 7.10. The molecule has 0 bridgehead atoms. The molecule has 0 aliphatic carbocycles. The first-order valence-electron chi connectivity index (χ1n) is 6.45. The second kappa shape index (κ2) is 6.45. The number of hydrogen-bond acceptors (Lipinski definition) is 4. The van der Waals surface area contributed by atoms with Crippen LogP contribution in [0.25, 0.3) is 0 Å². The molecule has 2 rings (SSSR count). The number of likely N-dealkylation sites (N-methyl/N-ethyl adjacent to an activating group) is 1. The number of aromatic nitrogens is 1. The third-order valence-corrected chi connectivity index (χ3v) is 4.90. The summed E-state index contributed by atoms with van der Waals surface area (Å²) in [5.41, 5.74) is 2.68. The van der Waals surface area contributed by atoms with Gasteiger partial charge in [-0.3, -0.25) is 0 Å². The zero-order valence-electron chi connectivity index (χ0n) is 11.2. The van der Waals surface area contributed by atoms with Crippen LogP contribution in [0.2, 0.25) is 0 Å². The average molecular weight is 280 g/mol. The summed E-state index contributed by atoms with van der Waals surface area (Å²) in [4.78, 5) is 6.06. The van der Waals surface area contributed by atoms with Gasteiger partial charge < -0.3 is 5.32 Å². The molecule has 98 valence electrons. The normalized spacial score (nSPS) is 12.8. The van der Waals surface area contributed by atoms with Crippen LogP contribution in [0, 0.1) is 6.92 Å². The second-order valence-corrected chi connectivity index (χ2v) is 6.35. The Balaban J connectivity index is 2.17. The molecule has 2 aromatic rings. The Labute approximate surface area is 117 Å². The Hall–Kier alpha value is -0.710. The van der Waals surface area contributed by atoms with Crippen molar-refractivity contribution in [1.82, 2.24) is 10.3 Å². The van der Waals surface area contributed by atoms with Crippen molar-refractivity contribution in [2.45, 2.75) is 39.7 Å². The summed E-state index contributed by atoms with van der Waals surface area (Å²) in [6.45, 7) is 7.45. The van der Waals surface area contributed by atoms with E-state index < -0.39 is 0 Å². The number of thiazole rings is 1. The fourth-order valence-corrected chi connectivity index (χ4v) is 3.86. The lowest BCUT2D eigenvalue weighted by Crippen LogP contribution is -2.23. The molecule has 1 unspecified atom stereocenters. The standard InChI is InChI=1S/C14H20N2S2/c1-4-11-6-7-17-14(11)13(15-5-2)8-12-9-18-10(3)16-12/h6-7,9,13,15H,4-5,8H2,1-3H3. The third kappa shape index (κ3) is 3.19. The van der Waals surface area contributed by atoms with E-state index in [0.29, 0.717) is 6.04 Å². The lowest BCUT2D eigenvalue weighted by atomic mass is 10.1. The van der Waals surface area contributed by atoms with Gasteiger partial charge in [-0.1, -0.05) is 13.8 Å². The highest BCUT2D eigenvalue weighted by Crippen LogP contribution is 2.28. The Morgan fingerprint density at radius 3 is 2.78 bits per heavy atom. The van der Waals surface area contributed by atoms with Crippen molar-refractivity contribution >= 4 is 22.7 Å². The van der Waals surface area contributed by atoms with Gasteiger partial charge in [-0.05, 0) is 36.9 Å². The van der Waals surface area contributed by atoms with Crippen LogP contribution in [0.4, 0.5) is 0 Å². The molecule has 2 heterocycles. The van der Waals surface area contributed by atoms with E-state index in [9.17, 15) is 0 Å². The second-order valence-electron chi connectivity index (χ2n) is 4.34. The van der Waals surface area contributed by atoms with E-state index in [4.69, 9.17) is 0 Å². The lowest BCUT2D eigenvalue weighted by molar-refractivity contribution is 0.550. The van der Waals surface area contributed by atoms with Gasteiger partial charge in [0.05, 0.1) is 10.7 Å². The molecule has 2 aromatic heterocycles. The predicted octanol–water partition coefficient (Wildman–Crippen LogP) is 3.97. The van der Waals surface area contributed by atoms with Crippen LogP contribution in [-0.4, -0.2) is 11.5 Å². The monoisotopic (exact) mass is 280 g/mol. The third-order valence-electron chi connectivity index (χ3n) is 3.01. The molecule has 1 atom stereocenters. The molecule has 0 aliphatic rings. The maximum atomic E-state index is 4.58. The quantitative estimate of drug-likeness (QED) is 0.866. The predicted molar refractivity (Wildman–Crippen MR) is 80.7 cm³/mol. The molecule has 0 saturated carbocycles. The van der Waals surface area contributed by atoms with Gasteiger partial charge in [-0.2, -0.15) is 0 Å². The van der Waals surface area contributed by atoms with Gasteiger partial charge in [0.25, 0.3) is 0 Å². The van der Waals surface area contributed by atoms with Gasteiger partial charge in [-0.15, -0.1) is 22.7 Å². The zero-order chi connectivity index (χ0) is 13.0. The first-order valence-corrected chi connectivity index (χ1v) is 8.21. The van der Waals surface area contributed by atoms with Crippen LogP contribution in [0.15, 0.2) is 16.8 Å². The van der Waals surface area contributed by atoms with Crippen molar-refractivity contribution in [1.29, 1.82) is 0 Å². The van der Waals surface area contributed by atoms with E-state index in [1.165, 1.54) is 16.1 Å². The fraction of sp³-hybridized carbons (Fsp3) is 0.500. The summed E-state index contributed by atoms with van der Waals surface area (Å²) in [5, 5.41) is 9.13. The van der Waals surface area contributed by atoms with Crippen molar-refractivity contribution in [3.8, 4) is 0 Å². The zero-order valence-corrected chi connectivity index (χ0v) is 12.8. The number of aryl methyl sites for hydroxylation is 2. The van der Waals surface area contributed by atoms with Gasteiger partial charge in [0.15, 0.2) is 0 Å².